The normalized spacial score (nSPS) is 11.1. The van der Waals surface area contributed by atoms with E-state index in [2.05, 4.69) is 41.4 Å². The van der Waals surface area contributed by atoms with Crippen LogP contribution in [-0.2, 0) is 17.8 Å². The first-order valence-electron chi connectivity index (χ1n) is 6.23. The molecule has 0 aliphatic carbocycles. The van der Waals surface area contributed by atoms with Gasteiger partial charge in [-0.05, 0) is 24.7 Å². The summed E-state index contributed by atoms with van der Waals surface area (Å²) in [6, 6.07) is 8.75. The van der Waals surface area contributed by atoms with E-state index < -0.39 is 0 Å². The van der Waals surface area contributed by atoms with Crippen molar-refractivity contribution in [3.05, 3.63) is 35.4 Å². The second-order valence-electron chi connectivity index (χ2n) is 4.21. The molecule has 96 valence electrons. The van der Waals surface area contributed by atoms with Crippen molar-refractivity contribution in [3.8, 4) is 0 Å². The minimum atomic E-state index is 0.796. The average molecular weight is 236 g/mol. The van der Waals surface area contributed by atoms with Crippen LogP contribution >= 0.6 is 0 Å². The molecule has 0 bridgehead atoms. The summed E-state index contributed by atoms with van der Waals surface area (Å²) in [5.74, 6) is 0. The Bertz CT molecular complexity index is 315. The Labute approximate surface area is 105 Å². The van der Waals surface area contributed by atoms with Gasteiger partial charge in [0.1, 0.15) is 0 Å². The Hall–Kier alpha value is -0.900. The molecule has 0 amide bonds. The van der Waals surface area contributed by atoms with Gasteiger partial charge in [-0.3, -0.25) is 4.90 Å². The highest BCUT2D eigenvalue weighted by Crippen LogP contribution is 2.08. The number of methoxy groups -OCH3 is 1. The quantitative estimate of drug-likeness (QED) is 0.746. The summed E-state index contributed by atoms with van der Waals surface area (Å²) in [6.07, 6.45) is 0. The van der Waals surface area contributed by atoms with Crippen LogP contribution in [0.1, 0.15) is 18.1 Å². The number of rotatable bonds is 8. The Morgan fingerprint density at radius 1 is 1.29 bits per heavy atom. The van der Waals surface area contributed by atoms with Gasteiger partial charge >= 0.3 is 0 Å². The molecule has 0 heterocycles. The topological polar surface area (TPSA) is 24.5 Å². The van der Waals surface area contributed by atoms with Gasteiger partial charge in [0.2, 0.25) is 0 Å². The van der Waals surface area contributed by atoms with Gasteiger partial charge < -0.3 is 10.1 Å². The fraction of sp³-hybridized carbons (Fsp3) is 0.571. The van der Waals surface area contributed by atoms with Crippen LogP contribution < -0.4 is 5.32 Å². The Morgan fingerprint density at radius 3 is 2.71 bits per heavy atom. The maximum absolute atomic E-state index is 5.12. The van der Waals surface area contributed by atoms with Crippen molar-refractivity contribution in [3.63, 3.8) is 0 Å². The first kappa shape index (κ1) is 14.2. The molecular weight excluding hydrogens is 212 g/mol. The Morgan fingerprint density at radius 2 is 2.06 bits per heavy atom. The highest BCUT2D eigenvalue weighted by molar-refractivity contribution is 5.23. The van der Waals surface area contributed by atoms with E-state index in [0.717, 1.165) is 32.8 Å². The van der Waals surface area contributed by atoms with Gasteiger partial charge in [0.25, 0.3) is 0 Å². The van der Waals surface area contributed by atoms with Crippen LogP contribution in [-0.4, -0.2) is 38.8 Å². The number of likely N-dealkylation sites (N-methyl/N-ethyl adjacent to an activating group) is 1. The molecule has 0 saturated carbocycles. The van der Waals surface area contributed by atoms with E-state index in [1.807, 2.05) is 7.05 Å². The number of ether oxygens (including phenoxy) is 1. The van der Waals surface area contributed by atoms with Gasteiger partial charge in [0.05, 0.1) is 6.61 Å². The molecule has 1 N–H and O–H groups in total. The molecule has 0 aliphatic heterocycles. The summed E-state index contributed by atoms with van der Waals surface area (Å²) in [7, 11) is 3.73. The lowest BCUT2D eigenvalue weighted by molar-refractivity contribution is 0.147. The van der Waals surface area contributed by atoms with Crippen LogP contribution in [0.25, 0.3) is 0 Å². The second kappa shape index (κ2) is 8.23. The third kappa shape index (κ3) is 5.31. The lowest BCUT2D eigenvalue weighted by Crippen LogP contribution is -2.26. The molecule has 0 atom stereocenters. The largest absolute Gasteiger partial charge is 0.383 e. The van der Waals surface area contributed by atoms with Crippen molar-refractivity contribution in [1.29, 1.82) is 0 Å². The molecular formula is C14H24N2O. The first-order valence-corrected chi connectivity index (χ1v) is 6.23. The second-order valence-corrected chi connectivity index (χ2v) is 4.21. The predicted octanol–water partition coefficient (Wildman–Crippen LogP) is 1.87. The zero-order chi connectivity index (χ0) is 12.5. The van der Waals surface area contributed by atoms with Gasteiger partial charge in [0.15, 0.2) is 0 Å². The van der Waals surface area contributed by atoms with Crippen molar-refractivity contribution >= 4 is 0 Å². The molecule has 0 unspecified atom stereocenters. The molecule has 3 nitrogen and oxygen atoms in total. The van der Waals surface area contributed by atoms with Crippen molar-refractivity contribution in [2.24, 2.45) is 0 Å². The fourth-order valence-electron chi connectivity index (χ4n) is 1.87. The van der Waals surface area contributed by atoms with E-state index in [4.69, 9.17) is 4.74 Å². The summed E-state index contributed by atoms with van der Waals surface area (Å²) in [5, 5.41) is 3.18. The minimum Gasteiger partial charge on any atom is -0.383 e. The highest BCUT2D eigenvalue weighted by atomic mass is 16.5. The van der Waals surface area contributed by atoms with Crippen molar-refractivity contribution < 1.29 is 4.74 Å². The van der Waals surface area contributed by atoms with Crippen LogP contribution in [0.3, 0.4) is 0 Å². The molecule has 1 aromatic carbocycles. The summed E-state index contributed by atoms with van der Waals surface area (Å²) in [5.41, 5.74) is 2.71. The van der Waals surface area contributed by atoms with Crippen molar-refractivity contribution in [2.45, 2.75) is 20.0 Å². The number of hydrogen-bond acceptors (Lipinski definition) is 3. The lowest BCUT2D eigenvalue weighted by Gasteiger charge is -2.20. The van der Waals surface area contributed by atoms with Gasteiger partial charge in [0, 0.05) is 26.7 Å². The maximum Gasteiger partial charge on any atom is 0.0589 e. The van der Waals surface area contributed by atoms with E-state index in [0.29, 0.717) is 0 Å². The Kier molecular flexibility index (Phi) is 6.86. The van der Waals surface area contributed by atoms with E-state index >= 15 is 0 Å². The smallest absolute Gasteiger partial charge is 0.0589 e. The summed E-state index contributed by atoms with van der Waals surface area (Å²) >= 11 is 0. The fourth-order valence-corrected chi connectivity index (χ4v) is 1.87. The molecule has 0 fully saturated rings. The van der Waals surface area contributed by atoms with Gasteiger partial charge in [-0.1, -0.05) is 31.2 Å². The molecule has 0 aliphatic rings. The molecule has 17 heavy (non-hydrogen) atoms. The zero-order valence-electron chi connectivity index (χ0n) is 11.2. The number of benzene rings is 1. The molecule has 0 radical (unpaired) electrons. The Balaban J connectivity index is 2.55. The molecule has 0 spiro atoms. The van der Waals surface area contributed by atoms with Gasteiger partial charge in [-0.2, -0.15) is 0 Å². The summed E-state index contributed by atoms with van der Waals surface area (Å²) in [4.78, 5) is 2.39. The molecule has 1 rings (SSSR count). The van der Waals surface area contributed by atoms with E-state index in [1.165, 1.54) is 11.1 Å². The van der Waals surface area contributed by atoms with Crippen molar-refractivity contribution in [2.75, 3.05) is 33.9 Å². The number of hydrogen-bond donors (Lipinski definition) is 1. The number of nitrogens with one attached hydrogen (secondary N) is 1. The predicted molar refractivity (Wildman–Crippen MR) is 72.0 cm³/mol. The van der Waals surface area contributed by atoms with Crippen LogP contribution in [0.2, 0.25) is 0 Å². The summed E-state index contributed by atoms with van der Waals surface area (Å²) < 4.78 is 5.12. The molecule has 3 heteroatoms. The SMILES string of the molecule is CCN(CCOC)Cc1cccc(CNC)c1. The monoisotopic (exact) mass is 236 g/mol. The lowest BCUT2D eigenvalue weighted by atomic mass is 10.1. The van der Waals surface area contributed by atoms with Gasteiger partial charge in [-0.25, -0.2) is 0 Å². The van der Waals surface area contributed by atoms with Crippen molar-refractivity contribution in [1.82, 2.24) is 10.2 Å². The minimum absolute atomic E-state index is 0.796. The average Bonchev–Trinajstić information content (AvgIpc) is 2.35. The van der Waals surface area contributed by atoms with E-state index in [-0.39, 0.29) is 0 Å². The summed E-state index contributed by atoms with van der Waals surface area (Å²) in [6.45, 7) is 6.95. The van der Waals surface area contributed by atoms with Gasteiger partial charge in [-0.15, -0.1) is 0 Å². The van der Waals surface area contributed by atoms with E-state index in [1.54, 1.807) is 7.11 Å². The molecule has 0 saturated heterocycles. The third-order valence-corrected chi connectivity index (χ3v) is 2.84. The van der Waals surface area contributed by atoms with Crippen LogP contribution in [0.4, 0.5) is 0 Å². The zero-order valence-corrected chi connectivity index (χ0v) is 11.2. The highest BCUT2D eigenvalue weighted by Gasteiger charge is 2.03. The van der Waals surface area contributed by atoms with Crippen LogP contribution in [0, 0.1) is 0 Å². The molecule has 0 aromatic heterocycles. The first-order chi connectivity index (χ1) is 8.30. The maximum atomic E-state index is 5.12. The van der Waals surface area contributed by atoms with Crippen LogP contribution in [0.15, 0.2) is 24.3 Å². The third-order valence-electron chi connectivity index (χ3n) is 2.84. The molecule has 1 aromatic rings. The number of nitrogens with zero attached hydrogens (tertiary/aromatic N) is 1. The van der Waals surface area contributed by atoms with E-state index in [9.17, 15) is 0 Å². The standard InChI is InChI=1S/C14H24N2O/c1-4-16(8-9-17-3)12-14-7-5-6-13(10-14)11-15-2/h5-7,10,15H,4,8-9,11-12H2,1-3H3. The van der Waals surface area contributed by atoms with Crippen LogP contribution in [0.5, 0.6) is 0 Å².